The number of anilines is 1. The number of nitrogens with one attached hydrogen (secondary N) is 1. The molecule has 3 rings (SSSR count). The molecule has 0 saturated heterocycles. The molecule has 0 spiro atoms. The monoisotopic (exact) mass is 584 g/mol. The summed E-state index contributed by atoms with van der Waals surface area (Å²) >= 11 is 0. The first-order chi connectivity index (χ1) is 20.1. The molecule has 0 aliphatic heterocycles. The number of allylic oxidation sites excluding steroid dienone is 1. The number of carbonyl (C=O) groups excluding carboxylic acids is 1. The summed E-state index contributed by atoms with van der Waals surface area (Å²) in [5.41, 5.74) is 5.34. The molecule has 0 aromatic heterocycles. The molecule has 1 N–H and O–H groups in total. The zero-order valence-electron chi connectivity index (χ0n) is 23.4. The first kappa shape index (κ1) is 31.7. The van der Waals surface area contributed by atoms with Gasteiger partial charge in [-0.2, -0.15) is 13.2 Å². The highest BCUT2D eigenvalue weighted by Gasteiger charge is 2.29. The topological polar surface area (TPSA) is 94.0 Å². The molecule has 9 nitrogen and oxygen atoms in total. The van der Waals surface area contributed by atoms with Gasteiger partial charge in [-0.05, 0) is 55.0 Å². The Morgan fingerprint density at radius 3 is 2.36 bits per heavy atom. The summed E-state index contributed by atoms with van der Waals surface area (Å²) in [4.78, 5) is 29.3. The Morgan fingerprint density at radius 2 is 1.71 bits per heavy atom. The van der Waals surface area contributed by atoms with Gasteiger partial charge in [-0.15, -0.1) is 0 Å². The number of hydrogen-bond acceptors (Lipinski definition) is 8. The minimum Gasteiger partial charge on any atom is -0.489 e. The second-order valence-electron chi connectivity index (χ2n) is 8.68. The molecular formula is C30H31F3N4O5. The third-order valence-corrected chi connectivity index (χ3v) is 5.76. The highest BCUT2D eigenvalue weighted by Crippen LogP contribution is 2.29. The summed E-state index contributed by atoms with van der Waals surface area (Å²) in [5, 5.41) is 7.66. The second-order valence-corrected chi connectivity index (χ2v) is 8.68. The van der Waals surface area contributed by atoms with E-state index in [1.807, 2.05) is 12.1 Å². The number of rotatable bonds is 14. The van der Waals surface area contributed by atoms with Crippen LogP contribution in [0.3, 0.4) is 0 Å². The van der Waals surface area contributed by atoms with Crippen LogP contribution in [-0.2, 0) is 38.7 Å². The number of hydrogen-bond donors (Lipinski definition) is 1. The van der Waals surface area contributed by atoms with Crippen molar-refractivity contribution < 1.29 is 37.2 Å². The van der Waals surface area contributed by atoms with Gasteiger partial charge in [-0.1, -0.05) is 47.2 Å². The number of ether oxygens (including phenoxy) is 1. The van der Waals surface area contributed by atoms with Gasteiger partial charge in [0.25, 0.3) is 5.91 Å². The van der Waals surface area contributed by atoms with Crippen molar-refractivity contribution in [2.45, 2.75) is 26.3 Å². The Labute approximate surface area is 241 Å². The first-order valence-electron chi connectivity index (χ1n) is 12.7. The van der Waals surface area contributed by atoms with Crippen molar-refractivity contribution in [2.75, 3.05) is 25.7 Å². The molecule has 0 aliphatic carbocycles. The summed E-state index contributed by atoms with van der Waals surface area (Å²) in [7, 11) is 2.96. The number of amides is 1. The number of para-hydroxylation sites is 1. The van der Waals surface area contributed by atoms with Crippen LogP contribution in [0, 0.1) is 0 Å². The summed E-state index contributed by atoms with van der Waals surface area (Å²) < 4.78 is 44.0. The van der Waals surface area contributed by atoms with Crippen LogP contribution >= 0.6 is 0 Å². The van der Waals surface area contributed by atoms with Gasteiger partial charge in [-0.3, -0.25) is 15.1 Å². The molecule has 0 heterocycles. The SMILES string of the molecule is C=C(NOCc1ccccc1N(C)C(=O)C=NOC)C(=NOCC)c1ccc(OCc2ccc(C(F)(F)F)cc2)cc1. The molecule has 222 valence electrons. The number of nitrogens with zero attached hydrogens (tertiary/aromatic N) is 3. The van der Waals surface area contributed by atoms with Crippen LogP contribution in [0.25, 0.3) is 0 Å². The van der Waals surface area contributed by atoms with Gasteiger partial charge < -0.3 is 19.3 Å². The summed E-state index contributed by atoms with van der Waals surface area (Å²) in [5.74, 6) is 0.134. The summed E-state index contributed by atoms with van der Waals surface area (Å²) in [6.07, 6.45) is -3.32. The molecule has 12 heteroatoms. The molecule has 0 unspecified atom stereocenters. The van der Waals surface area contributed by atoms with Gasteiger partial charge in [0.1, 0.15) is 44.6 Å². The minimum absolute atomic E-state index is 0.0902. The third kappa shape index (κ3) is 9.10. The summed E-state index contributed by atoms with van der Waals surface area (Å²) in [6, 6.07) is 18.9. The lowest BCUT2D eigenvalue weighted by Crippen LogP contribution is -2.28. The average molecular weight is 585 g/mol. The van der Waals surface area contributed by atoms with Crippen molar-refractivity contribution in [2.24, 2.45) is 10.3 Å². The van der Waals surface area contributed by atoms with E-state index in [4.69, 9.17) is 14.4 Å². The predicted molar refractivity (Wildman–Crippen MR) is 153 cm³/mol. The van der Waals surface area contributed by atoms with Gasteiger partial charge in [0.15, 0.2) is 0 Å². The smallest absolute Gasteiger partial charge is 0.416 e. The van der Waals surface area contributed by atoms with Crippen molar-refractivity contribution in [3.05, 3.63) is 107 Å². The van der Waals surface area contributed by atoms with Gasteiger partial charge in [-0.25, -0.2) is 0 Å². The Morgan fingerprint density at radius 1 is 1.02 bits per heavy atom. The molecule has 0 radical (unpaired) electrons. The molecule has 0 bridgehead atoms. The van der Waals surface area contributed by atoms with Crippen molar-refractivity contribution in [1.29, 1.82) is 0 Å². The Kier molecular flexibility index (Phi) is 11.5. The molecular weight excluding hydrogens is 553 g/mol. The maximum Gasteiger partial charge on any atom is 0.416 e. The Hall–Kier alpha value is -4.84. The number of oxime groups is 2. The van der Waals surface area contributed by atoms with E-state index in [-0.39, 0.29) is 19.1 Å². The minimum atomic E-state index is -4.39. The van der Waals surface area contributed by atoms with Gasteiger partial charge >= 0.3 is 6.18 Å². The molecule has 0 atom stereocenters. The van der Waals surface area contributed by atoms with Crippen LogP contribution in [0.15, 0.2) is 95.4 Å². The number of alkyl halides is 3. The molecule has 0 saturated carbocycles. The van der Waals surface area contributed by atoms with Crippen LogP contribution < -0.4 is 15.1 Å². The normalized spacial score (nSPS) is 11.7. The number of benzene rings is 3. The van der Waals surface area contributed by atoms with Crippen LogP contribution in [0.1, 0.15) is 29.2 Å². The molecule has 1 amide bonds. The van der Waals surface area contributed by atoms with Crippen LogP contribution in [0.4, 0.5) is 18.9 Å². The third-order valence-electron chi connectivity index (χ3n) is 5.76. The van der Waals surface area contributed by atoms with Gasteiger partial charge in [0.05, 0.1) is 11.3 Å². The van der Waals surface area contributed by atoms with E-state index in [1.165, 1.54) is 24.1 Å². The summed E-state index contributed by atoms with van der Waals surface area (Å²) in [6.45, 7) is 6.31. The van der Waals surface area contributed by atoms with Crippen molar-refractivity contribution in [3.63, 3.8) is 0 Å². The van der Waals surface area contributed by atoms with Crippen molar-refractivity contribution in [1.82, 2.24) is 5.48 Å². The fraction of sp³-hybridized carbons (Fsp3) is 0.233. The fourth-order valence-electron chi connectivity index (χ4n) is 3.59. The predicted octanol–water partition coefficient (Wildman–Crippen LogP) is 5.86. The average Bonchev–Trinajstić information content (AvgIpc) is 2.99. The lowest BCUT2D eigenvalue weighted by molar-refractivity contribution is -0.137. The highest BCUT2D eigenvalue weighted by molar-refractivity contribution is 6.32. The number of halogens is 3. The molecule has 0 fully saturated rings. The van der Waals surface area contributed by atoms with E-state index >= 15 is 0 Å². The van der Waals surface area contributed by atoms with E-state index in [1.54, 1.807) is 50.4 Å². The Balaban J connectivity index is 1.62. The molecule has 3 aromatic carbocycles. The number of hydroxylamine groups is 1. The standard InChI is InChI=1S/C30H31F3N4O5/c1-5-41-36-29(21(2)35-42-20-24-8-6-7-9-27(24)37(3)28(38)18-34-39-4)23-12-16-26(17-13-23)40-19-22-10-14-25(15-11-22)30(31,32)33/h6-18,35H,2,5,19-20H2,1,3-4H3. The lowest BCUT2D eigenvalue weighted by Gasteiger charge is -2.19. The van der Waals surface area contributed by atoms with E-state index in [0.717, 1.165) is 23.9 Å². The zero-order chi connectivity index (χ0) is 30.5. The van der Waals surface area contributed by atoms with Crippen LogP contribution in [0.2, 0.25) is 0 Å². The van der Waals surface area contributed by atoms with Gasteiger partial charge in [0, 0.05) is 23.9 Å². The maximum absolute atomic E-state index is 12.8. The number of carbonyl (C=O) groups is 1. The van der Waals surface area contributed by atoms with Crippen LogP contribution in [0.5, 0.6) is 5.75 Å². The molecule has 42 heavy (non-hydrogen) atoms. The lowest BCUT2D eigenvalue weighted by atomic mass is 10.1. The molecule has 3 aromatic rings. The van der Waals surface area contributed by atoms with Crippen LogP contribution in [-0.4, -0.2) is 38.6 Å². The maximum atomic E-state index is 12.8. The zero-order valence-corrected chi connectivity index (χ0v) is 23.4. The quantitative estimate of drug-likeness (QED) is 0.189. The van der Waals surface area contributed by atoms with Gasteiger partial charge in [0.2, 0.25) is 0 Å². The van der Waals surface area contributed by atoms with E-state index in [2.05, 4.69) is 27.2 Å². The molecule has 0 aliphatic rings. The van der Waals surface area contributed by atoms with E-state index < -0.39 is 11.7 Å². The second kappa shape index (κ2) is 15.2. The fourth-order valence-corrected chi connectivity index (χ4v) is 3.59. The Bertz CT molecular complexity index is 1390. The first-order valence-corrected chi connectivity index (χ1v) is 12.7. The highest BCUT2D eigenvalue weighted by atomic mass is 19.4. The van der Waals surface area contributed by atoms with Crippen molar-refractivity contribution in [3.8, 4) is 5.75 Å². The van der Waals surface area contributed by atoms with E-state index in [0.29, 0.717) is 40.6 Å². The van der Waals surface area contributed by atoms with E-state index in [9.17, 15) is 18.0 Å². The largest absolute Gasteiger partial charge is 0.489 e. The van der Waals surface area contributed by atoms with Crippen molar-refractivity contribution >= 4 is 23.5 Å².